The molecule has 0 aliphatic heterocycles. The zero-order valence-electron chi connectivity index (χ0n) is 13.8. The smallest absolute Gasteiger partial charge is 0.408 e. The molecule has 1 aromatic carbocycles. The molecule has 1 atom stereocenters. The first-order valence-electron chi connectivity index (χ1n) is 7.12. The summed E-state index contributed by atoms with van der Waals surface area (Å²) in [7, 11) is 0. The Hall–Kier alpha value is -1.17. The van der Waals surface area contributed by atoms with Crippen LogP contribution in [0.15, 0.2) is 24.3 Å². The number of hydrogen-bond acceptors (Lipinski definition) is 3. The van der Waals surface area contributed by atoms with Gasteiger partial charge in [0.05, 0.1) is 0 Å². The van der Waals surface area contributed by atoms with Crippen LogP contribution in [0.1, 0.15) is 38.8 Å². The van der Waals surface area contributed by atoms with Gasteiger partial charge in [-0.15, -0.1) is 0 Å². The summed E-state index contributed by atoms with van der Waals surface area (Å²) in [6.45, 7) is 7.00. The van der Waals surface area contributed by atoms with E-state index in [9.17, 15) is 14.7 Å². The molecular weight excluding hydrogens is 377 g/mol. The van der Waals surface area contributed by atoms with Gasteiger partial charge in [-0.25, -0.2) is 9.59 Å². The van der Waals surface area contributed by atoms with Crippen LogP contribution in [0.25, 0.3) is 0 Å². The molecule has 1 rings (SSSR count). The number of carbonyl (C=O) groups is 2. The molecule has 1 amide bonds. The fourth-order valence-electron chi connectivity index (χ4n) is 1.94. The molecule has 8 heteroatoms. The number of carboxylic acid groups (broad SMARTS) is 1. The molecule has 0 aliphatic rings. The Balaban J connectivity index is 3.00. The average molecular weight is 397 g/mol. The van der Waals surface area contributed by atoms with Crippen molar-refractivity contribution in [2.24, 2.45) is 0 Å². The van der Waals surface area contributed by atoms with E-state index in [4.69, 9.17) is 39.5 Å². The molecule has 0 spiro atoms. The number of ether oxygens (including phenoxy) is 1. The molecule has 0 unspecified atom stereocenters. The second-order valence-corrected chi connectivity index (χ2v) is 9.09. The number of rotatable bonds is 4. The largest absolute Gasteiger partial charge is 0.479 e. The topological polar surface area (TPSA) is 75.6 Å². The van der Waals surface area contributed by atoms with Gasteiger partial charge in [-0.1, -0.05) is 79.8 Å². The summed E-state index contributed by atoms with van der Waals surface area (Å²) in [6.07, 6.45) is -0.994. The molecule has 5 nitrogen and oxygen atoms in total. The van der Waals surface area contributed by atoms with Gasteiger partial charge >= 0.3 is 12.1 Å². The molecule has 0 saturated heterocycles. The van der Waals surface area contributed by atoms with Crippen molar-refractivity contribution < 1.29 is 19.4 Å². The standard InChI is InChI=1S/C16H20Cl3NO4/c1-14(2,3)10-5-7-11(8-6-10)15(4,12(21)22)20-13(23)24-9-16(17,18)19/h5-8H,9H2,1-4H3,(H,20,23)(H,21,22)/t15-/m0/s1. The predicted octanol–water partition coefficient (Wildman–Crippen LogP) is 4.38. The molecule has 0 bridgehead atoms. The van der Waals surface area contributed by atoms with Crippen LogP contribution >= 0.6 is 34.8 Å². The van der Waals surface area contributed by atoms with E-state index in [1.165, 1.54) is 6.92 Å². The first kappa shape index (κ1) is 20.9. The van der Waals surface area contributed by atoms with Crippen LogP contribution in [0.4, 0.5) is 4.79 Å². The maximum atomic E-state index is 11.8. The maximum Gasteiger partial charge on any atom is 0.408 e. The molecule has 24 heavy (non-hydrogen) atoms. The Kier molecular flexibility index (Phi) is 6.42. The first-order valence-corrected chi connectivity index (χ1v) is 8.25. The van der Waals surface area contributed by atoms with Crippen molar-refractivity contribution in [3.63, 3.8) is 0 Å². The summed E-state index contributed by atoms with van der Waals surface area (Å²) in [5.41, 5.74) is -0.317. The summed E-state index contributed by atoms with van der Waals surface area (Å²) < 4.78 is 2.97. The van der Waals surface area contributed by atoms with E-state index < -0.39 is 28.0 Å². The summed E-state index contributed by atoms with van der Waals surface area (Å²) >= 11 is 16.5. The number of hydrogen-bond donors (Lipinski definition) is 2. The highest BCUT2D eigenvalue weighted by Crippen LogP contribution is 2.28. The zero-order chi connectivity index (χ0) is 18.8. The van der Waals surface area contributed by atoms with Crippen molar-refractivity contribution >= 4 is 46.9 Å². The van der Waals surface area contributed by atoms with Gasteiger partial charge in [0.2, 0.25) is 3.79 Å². The number of aliphatic carboxylic acids is 1. The first-order chi connectivity index (χ1) is 10.8. The summed E-state index contributed by atoms with van der Waals surface area (Å²) in [5.74, 6) is -1.24. The number of alkyl halides is 3. The number of carbonyl (C=O) groups excluding carboxylic acids is 1. The quantitative estimate of drug-likeness (QED) is 0.741. The number of alkyl carbamates (subject to hydrolysis) is 1. The third-order valence-corrected chi connectivity index (χ3v) is 3.80. The second kappa shape index (κ2) is 7.38. The SMILES string of the molecule is CC(C)(C)c1ccc([C@](C)(NC(=O)OCC(Cl)(Cl)Cl)C(=O)O)cc1. The Bertz CT molecular complexity index is 605. The highest BCUT2D eigenvalue weighted by molar-refractivity contribution is 6.67. The number of benzene rings is 1. The zero-order valence-corrected chi connectivity index (χ0v) is 16.1. The van der Waals surface area contributed by atoms with Crippen molar-refractivity contribution in [3.8, 4) is 0 Å². The van der Waals surface area contributed by atoms with E-state index in [0.29, 0.717) is 5.56 Å². The van der Waals surface area contributed by atoms with Crippen LogP contribution in [0.5, 0.6) is 0 Å². The van der Waals surface area contributed by atoms with E-state index in [1.54, 1.807) is 12.1 Å². The van der Waals surface area contributed by atoms with Crippen molar-refractivity contribution in [3.05, 3.63) is 35.4 Å². The number of halogens is 3. The third-order valence-electron chi connectivity index (χ3n) is 3.47. The fourth-order valence-corrected chi connectivity index (χ4v) is 2.10. The van der Waals surface area contributed by atoms with Crippen LogP contribution in [-0.2, 0) is 20.5 Å². The minimum Gasteiger partial charge on any atom is -0.479 e. The van der Waals surface area contributed by atoms with Crippen LogP contribution in [0.2, 0.25) is 0 Å². The molecular formula is C16H20Cl3NO4. The van der Waals surface area contributed by atoms with Gasteiger partial charge in [-0.3, -0.25) is 0 Å². The van der Waals surface area contributed by atoms with Crippen molar-refractivity contribution in [2.45, 2.75) is 42.4 Å². The lowest BCUT2D eigenvalue weighted by Crippen LogP contribution is -2.50. The Morgan fingerprint density at radius 2 is 1.50 bits per heavy atom. The van der Waals surface area contributed by atoms with Gasteiger partial charge in [-0.05, 0) is 23.5 Å². The number of carboxylic acids is 1. The third kappa shape index (κ3) is 5.72. The van der Waals surface area contributed by atoms with Crippen LogP contribution in [-0.4, -0.2) is 27.6 Å². The lowest BCUT2D eigenvalue weighted by molar-refractivity contribution is -0.144. The van der Waals surface area contributed by atoms with Crippen LogP contribution in [0, 0.1) is 0 Å². The minimum atomic E-state index is -1.77. The van der Waals surface area contributed by atoms with E-state index in [0.717, 1.165) is 5.56 Å². The Morgan fingerprint density at radius 3 is 1.88 bits per heavy atom. The Labute approximate surface area is 156 Å². The van der Waals surface area contributed by atoms with Gasteiger partial charge in [0.15, 0.2) is 5.54 Å². The molecule has 2 N–H and O–H groups in total. The normalized spacial score (nSPS) is 14.6. The summed E-state index contributed by atoms with van der Waals surface area (Å²) in [5, 5.41) is 11.8. The monoisotopic (exact) mass is 395 g/mol. The van der Waals surface area contributed by atoms with Crippen LogP contribution < -0.4 is 5.32 Å². The second-order valence-electron chi connectivity index (χ2n) is 6.57. The minimum absolute atomic E-state index is 0.0745. The molecule has 1 aromatic rings. The van der Waals surface area contributed by atoms with Crippen LogP contribution in [0.3, 0.4) is 0 Å². The van der Waals surface area contributed by atoms with Crippen molar-refractivity contribution in [2.75, 3.05) is 6.61 Å². The average Bonchev–Trinajstić information content (AvgIpc) is 2.43. The lowest BCUT2D eigenvalue weighted by Gasteiger charge is -2.28. The fraction of sp³-hybridized carbons (Fsp3) is 0.500. The molecule has 0 heterocycles. The highest BCUT2D eigenvalue weighted by Gasteiger charge is 2.38. The Morgan fingerprint density at radius 1 is 1.04 bits per heavy atom. The molecule has 0 aliphatic carbocycles. The van der Waals surface area contributed by atoms with Crippen molar-refractivity contribution in [1.29, 1.82) is 0 Å². The van der Waals surface area contributed by atoms with E-state index in [-0.39, 0.29) is 5.41 Å². The number of amides is 1. The molecule has 134 valence electrons. The van der Waals surface area contributed by atoms with Gasteiger partial charge < -0.3 is 15.2 Å². The molecule has 0 aromatic heterocycles. The lowest BCUT2D eigenvalue weighted by atomic mass is 9.84. The summed E-state index contributed by atoms with van der Waals surface area (Å²) in [4.78, 5) is 23.5. The highest BCUT2D eigenvalue weighted by atomic mass is 35.6. The van der Waals surface area contributed by atoms with E-state index in [1.807, 2.05) is 32.9 Å². The van der Waals surface area contributed by atoms with Gasteiger partial charge in [0.1, 0.15) is 6.61 Å². The van der Waals surface area contributed by atoms with E-state index >= 15 is 0 Å². The van der Waals surface area contributed by atoms with Gasteiger partial charge in [0, 0.05) is 0 Å². The molecule has 0 fully saturated rings. The van der Waals surface area contributed by atoms with Gasteiger partial charge in [0.25, 0.3) is 0 Å². The van der Waals surface area contributed by atoms with Gasteiger partial charge in [-0.2, -0.15) is 0 Å². The summed E-state index contributed by atoms with van der Waals surface area (Å²) in [6, 6.07) is 6.96. The predicted molar refractivity (Wildman–Crippen MR) is 94.9 cm³/mol. The molecule has 0 radical (unpaired) electrons. The molecule has 0 saturated carbocycles. The maximum absolute atomic E-state index is 11.8. The number of nitrogens with one attached hydrogen (secondary N) is 1. The van der Waals surface area contributed by atoms with E-state index in [2.05, 4.69) is 5.32 Å². The van der Waals surface area contributed by atoms with Crippen molar-refractivity contribution in [1.82, 2.24) is 5.32 Å².